The summed E-state index contributed by atoms with van der Waals surface area (Å²) in [5.41, 5.74) is 3.21. The average Bonchev–Trinajstić information content (AvgIpc) is 3.41. The van der Waals surface area contributed by atoms with Crippen molar-refractivity contribution in [2.45, 2.75) is 26.5 Å². The number of aromatic nitrogens is 3. The summed E-state index contributed by atoms with van der Waals surface area (Å²) in [5, 5.41) is 11.6. The second-order valence-corrected chi connectivity index (χ2v) is 9.72. The molecule has 0 saturated carbocycles. The number of benzene rings is 3. The van der Waals surface area contributed by atoms with Crippen LogP contribution in [0.2, 0.25) is 10.0 Å². The van der Waals surface area contributed by atoms with E-state index in [-0.39, 0.29) is 12.5 Å². The van der Waals surface area contributed by atoms with Crippen molar-refractivity contribution in [3.63, 3.8) is 0 Å². The number of carbonyl (C=O) groups is 1. The molecule has 1 aliphatic rings. The van der Waals surface area contributed by atoms with E-state index in [4.69, 9.17) is 37.4 Å². The van der Waals surface area contributed by atoms with Gasteiger partial charge in [0.2, 0.25) is 5.95 Å². The third-order valence-corrected chi connectivity index (χ3v) is 7.11. The largest absolute Gasteiger partial charge is 0.497 e. The molecule has 0 unspecified atom stereocenters. The van der Waals surface area contributed by atoms with E-state index in [0.717, 1.165) is 5.56 Å². The number of allylic oxidation sites excluding steroid dienone is 1. The maximum absolute atomic E-state index is 13.7. The van der Waals surface area contributed by atoms with Crippen LogP contribution in [-0.4, -0.2) is 34.4 Å². The van der Waals surface area contributed by atoms with Crippen LogP contribution < -0.4 is 24.8 Å². The van der Waals surface area contributed by atoms with Crippen molar-refractivity contribution >= 4 is 40.7 Å². The highest BCUT2D eigenvalue weighted by molar-refractivity contribution is 6.35. The maximum atomic E-state index is 13.7. The van der Waals surface area contributed by atoms with Crippen molar-refractivity contribution in [1.29, 1.82) is 0 Å². The Morgan fingerprint density at radius 1 is 1.05 bits per heavy atom. The molecule has 0 spiro atoms. The van der Waals surface area contributed by atoms with Crippen molar-refractivity contribution in [1.82, 2.24) is 14.8 Å². The predicted molar refractivity (Wildman–Crippen MR) is 155 cm³/mol. The summed E-state index contributed by atoms with van der Waals surface area (Å²) in [5.74, 6) is 1.96. The Kier molecular flexibility index (Phi) is 8.14. The standard InChI is InChI=1S/C29H27Cl2N5O4/c1-4-39-25-14-18(8-13-24(25)40-15-21-22(30)6-5-7-23(21)31)27-26(17(2)34-29-32-16-33-36(27)29)28(37)35-19-9-11-20(38-3)12-10-19/h5-14,16,27H,4,15H2,1-3H3,(H,35,37)(H,32,33,34)/t27-/m0/s1. The predicted octanol–water partition coefficient (Wildman–Crippen LogP) is 6.50. The van der Waals surface area contributed by atoms with Crippen LogP contribution in [0.15, 0.2) is 78.3 Å². The van der Waals surface area contributed by atoms with E-state index in [2.05, 4.69) is 20.7 Å². The number of halogens is 2. The molecule has 4 aromatic rings. The van der Waals surface area contributed by atoms with Gasteiger partial charge in [0.05, 0.1) is 19.3 Å². The van der Waals surface area contributed by atoms with Crippen molar-refractivity contribution in [2.75, 3.05) is 24.4 Å². The van der Waals surface area contributed by atoms with Gasteiger partial charge in [-0.3, -0.25) is 4.79 Å². The lowest BCUT2D eigenvalue weighted by molar-refractivity contribution is -0.113. The van der Waals surface area contributed by atoms with Crippen molar-refractivity contribution in [3.8, 4) is 17.2 Å². The Morgan fingerprint density at radius 3 is 2.50 bits per heavy atom. The number of hydrogen-bond acceptors (Lipinski definition) is 7. The molecule has 1 aromatic heterocycles. The molecule has 1 amide bonds. The van der Waals surface area contributed by atoms with E-state index in [9.17, 15) is 4.79 Å². The molecular formula is C29H27Cl2N5O4. The highest BCUT2D eigenvalue weighted by atomic mass is 35.5. The fourth-order valence-electron chi connectivity index (χ4n) is 4.47. The summed E-state index contributed by atoms with van der Waals surface area (Å²) in [6.45, 7) is 4.29. The van der Waals surface area contributed by atoms with Gasteiger partial charge in [0.15, 0.2) is 11.5 Å². The van der Waals surface area contributed by atoms with Gasteiger partial charge in [-0.25, -0.2) is 4.68 Å². The van der Waals surface area contributed by atoms with E-state index >= 15 is 0 Å². The topological polar surface area (TPSA) is 99.5 Å². The normalized spacial score (nSPS) is 14.3. The monoisotopic (exact) mass is 579 g/mol. The van der Waals surface area contributed by atoms with E-state index in [1.54, 1.807) is 60.3 Å². The molecule has 11 heteroatoms. The Balaban J connectivity index is 1.48. The van der Waals surface area contributed by atoms with Crippen LogP contribution in [0.5, 0.6) is 17.2 Å². The van der Waals surface area contributed by atoms with Crippen LogP contribution in [0.25, 0.3) is 0 Å². The molecule has 2 heterocycles. The minimum absolute atomic E-state index is 0.160. The summed E-state index contributed by atoms with van der Waals surface area (Å²) >= 11 is 12.7. The van der Waals surface area contributed by atoms with Crippen LogP contribution >= 0.6 is 23.2 Å². The van der Waals surface area contributed by atoms with Crippen molar-refractivity contribution in [3.05, 3.63) is 99.4 Å². The molecule has 206 valence electrons. The smallest absolute Gasteiger partial charge is 0.255 e. The Morgan fingerprint density at radius 2 is 1.80 bits per heavy atom. The van der Waals surface area contributed by atoms with E-state index in [0.29, 0.717) is 62.4 Å². The third kappa shape index (κ3) is 5.57. The van der Waals surface area contributed by atoms with Crippen LogP contribution in [0, 0.1) is 0 Å². The van der Waals surface area contributed by atoms with Gasteiger partial charge in [0.25, 0.3) is 5.91 Å². The van der Waals surface area contributed by atoms with Gasteiger partial charge in [0.1, 0.15) is 24.7 Å². The van der Waals surface area contributed by atoms with Gasteiger partial charge in [-0.2, -0.15) is 10.1 Å². The summed E-state index contributed by atoms with van der Waals surface area (Å²) in [6, 6.07) is 17.4. The minimum atomic E-state index is -0.580. The highest BCUT2D eigenvalue weighted by Gasteiger charge is 2.34. The molecule has 0 aliphatic carbocycles. The molecule has 0 radical (unpaired) electrons. The van der Waals surface area contributed by atoms with Crippen molar-refractivity contribution in [2.24, 2.45) is 0 Å². The van der Waals surface area contributed by atoms with E-state index in [1.807, 2.05) is 26.0 Å². The van der Waals surface area contributed by atoms with Crippen LogP contribution in [0.4, 0.5) is 11.6 Å². The first-order valence-electron chi connectivity index (χ1n) is 12.5. The number of ether oxygens (including phenoxy) is 3. The molecule has 0 bridgehead atoms. The van der Waals surface area contributed by atoms with Crippen LogP contribution in [-0.2, 0) is 11.4 Å². The van der Waals surface area contributed by atoms with Crippen molar-refractivity contribution < 1.29 is 19.0 Å². The quantitative estimate of drug-likeness (QED) is 0.233. The summed E-state index contributed by atoms with van der Waals surface area (Å²) in [4.78, 5) is 18.0. The number of nitrogens with one attached hydrogen (secondary N) is 2. The first kappa shape index (κ1) is 27.4. The summed E-state index contributed by atoms with van der Waals surface area (Å²) in [7, 11) is 1.59. The minimum Gasteiger partial charge on any atom is -0.497 e. The molecule has 0 saturated heterocycles. The summed E-state index contributed by atoms with van der Waals surface area (Å²) < 4.78 is 18.9. The van der Waals surface area contributed by atoms with Gasteiger partial charge < -0.3 is 24.8 Å². The number of rotatable bonds is 9. The second-order valence-electron chi connectivity index (χ2n) is 8.91. The number of anilines is 2. The van der Waals surface area contributed by atoms with Gasteiger partial charge in [-0.15, -0.1) is 0 Å². The maximum Gasteiger partial charge on any atom is 0.255 e. The number of carbonyl (C=O) groups excluding carboxylic acids is 1. The van der Waals surface area contributed by atoms with Gasteiger partial charge in [-0.1, -0.05) is 35.3 Å². The van der Waals surface area contributed by atoms with Crippen LogP contribution in [0.1, 0.15) is 31.0 Å². The molecule has 0 fully saturated rings. The molecule has 3 aromatic carbocycles. The molecular weight excluding hydrogens is 553 g/mol. The zero-order valence-electron chi connectivity index (χ0n) is 22.1. The molecule has 5 rings (SSSR count). The fourth-order valence-corrected chi connectivity index (χ4v) is 4.97. The highest BCUT2D eigenvalue weighted by Crippen LogP contribution is 2.39. The average molecular weight is 580 g/mol. The molecule has 1 aliphatic heterocycles. The SMILES string of the molecule is CCOc1cc([C@H]2C(C(=O)Nc3ccc(OC)cc3)=C(C)Nc3ncnn32)ccc1OCc1c(Cl)cccc1Cl. The number of fused-ring (bicyclic) bond motifs is 1. The fraction of sp³-hybridized carbons (Fsp3) is 0.207. The third-order valence-electron chi connectivity index (χ3n) is 6.40. The number of hydrogen-bond donors (Lipinski definition) is 2. The van der Waals surface area contributed by atoms with E-state index in [1.165, 1.54) is 6.33 Å². The van der Waals surface area contributed by atoms with Gasteiger partial charge >= 0.3 is 0 Å². The lowest BCUT2D eigenvalue weighted by atomic mass is 9.94. The first-order valence-corrected chi connectivity index (χ1v) is 13.3. The zero-order valence-corrected chi connectivity index (χ0v) is 23.6. The molecule has 9 nitrogen and oxygen atoms in total. The van der Waals surface area contributed by atoms with Gasteiger partial charge in [0, 0.05) is 27.0 Å². The Labute approximate surface area is 241 Å². The lowest BCUT2D eigenvalue weighted by Gasteiger charge is -2.29. The number of nitrogens with zero attached hydrogens (tertiary/aromatic N) is 3. The number of methoxy groups -OCH3 is 1. The van der Waals surface area contributed by atoms with Crippen LogP contribution in [0.3, 0.4) is 0 Å². The van der Waals surface area contributed by atoms with Gasteiger partial charge in [-0.05, 0) is 67.9 Å². The number of amides is 1. The lowest BCUT2D eigenvalue weighted by Crippen LogP contribution is -2.31. The Hall–Kier alpha value is -4.21. The first-order chi connectivity index (χ1) is 19.4. The molecule has 1 atom stereocenters. The summed E-state index contributed by atoms with van der Waals surface area (Å²) in [6.07, 6.45) is 1.45. The molecule has 2 N–H and O–H groups in total. The zero-order chi connectivity index (χ0) is 28.2. The second kappa shape index (κ2) is 11.9. The molecule has 40 heavy (non-hydrogen) atoms. The Bertz CT molecular complexity index is 1550. The van der Waals surface area contributed by atoms with E-state index < -0.39 is 6.04 Å².